The molecule has 0 bridgehead atoms. The second-order valence-corrected chi connectivity index (χ2v) is 6.06. The molecular formula is C17H27IN6. The Balaban J connectivity index is 0.00000288. The quantitative estimate of drug-likeness (QED) is 0.410. The van der Waals surface area contributed by atoms with E-state index in [0.29, 0.717) is 6.54 Å². The predicted octanol–water partition coefficient (Wildman–Crippen LogP) is 2.56. The fourth-order valence-corrected chi connectivity index (χ4v) is 2.36. The first kappa shape index (κ1) is 20.4. The Morgan fingerprint density at radius 3 is 2.54 bits per heavy atom. The number of nitrogens with zero attached hydrogens (tertiary/aromatic N) is 4. The van der Waals surface area contributed by atoms with Crippen molar-refractivity contribution in [3.05, 3.63) is 48.0 Å². The number of benzene rings is 1. The number of rotatable bonds is 6. The molecule has 1 heterocycles. The minimum absolute atomic E-state index is 0. The highest BCUT2D eigenvalue weighted by Gasteiger charge is 2.20. The van der Waals surface area contributed by atoms with E-state index >= 15 is 0 Å². The Hall–Kier alpha value is -1.64. The van der Waals surface area contributed by atoms with Crippen molar-refractivity contribution in [3.63, 3.8) is 0 Å². The fourth-order valence-electron chi connectivity index (χ4n) is 2.36. The second kappa shape index (κ2) is 9.61. The van der Waals surface area contributed by atoms with E-state index in [0.717, 1.165) is 24.9 Å². The largest absolute Gasteiger partial charge is 0.356 e. The van der Waals surface area contributed by atoms with Crippen LogP contribution in [0, 0.1) is 0 Å². The highest BCUT2D eigenvalue weighted by atomic mass is 127. The molecule has 0 unspecified atom stereocenters. The maximum absolute atomic E-state index is 4.28. The minimum atomic E-state index is 0. The summed E-state index contributed by atoms with van der Waals surface area (Å²) in [5.74, 6) is 1.66. The molecule has 1 aromatic carbocycles. The van der Waals surface area contributed by atoms with Gasteiger partial charge < -0.3 is 15.2 Å². The molecule has 0 amide bonds. The summed E-state index contributed by atoms with van der Waals surface area (Å²) in [6.07, 6.45) is 1.74. The topological polar surface area (TPSA) is 67.1 Å². The van der Waals surface area contributed by atoms with E-state index in [4.69, 9.17) is 0 Å². The van der Waals surface area contributed by atoms with Crippen LogP contribution in [0.3, 0.4) is 0 Å². The first-order chi connectivity index (χ1) is 11.1. The summed E-state index contributed by atoms with van der Waals surface area (Å²) in [5.41, 5.74) is 1.32. The summed E-state index contributed by atoms with van der Waals surface area (Å²) in [6, 6.07) is 10.5. The van der Waals surface area contributed by atoms with Gasteiger partial charge in [-0.05, 0) is 12.5 Å². The standard InChI is InChI=1S/C17H26N6.HI/c1-5-23-13-21-22-15(23)11-19-16(18-4)20-12-17(2,3)14-9-7-6-8-10-14;/h6-10,13H,5,11-12H2,1-4H3,(H2,18,19,20);1H. The summed E-state index contributed by atoms with van der Waals surface area (Å²) in [4.78, 5) is 4.28. The van der Waals surface area contributed by atoms with Gasteiger partial charge in [-0.15, -0.1) is 34.2 Å². The Kier molecular flexibility index (Phi) is 8.17. The smallest absolute Gasteiger partial charge is 0.191 e. The monoisotopic (exact) mass is 442 g/mol. The zero-order chi connectivity index (χ0) is 16.7. The van der Waals surface area contributed by atoms with Crippen LogP contribution < -0.4 is 10.6 Å². The number of nitrogens with one attached hydrogen (secondary N) is 2. The number of halogens is 1. The van der Waals surface area contributed by atoms with E-state index < -0.39 is 0 Å². The number of hydrogen-bond donors (Lipinski definition) is 2. The van der Waals surface area contributed by atoms with Gasteiger partial charge in [-0.3, -0.25) is 4.99 Å². The summed E-state index contributed by atoms with van der Waals surface area (Å²) < 4.78 is 2.01. The van der Waals surface area contributed by atoms with Crippen molar-refractivity contribution in [2.24, 2.45) is 4.99 Å². The SMILES string of the molecule is CCn1cnnc1CNC(=NC)NCC(C)(C)c1ccccc1.I. The van der Waals surface area contributed by atoms with Crippen molar-refractivity contribution >= 4 is 29.9 Å². The molecule has 2 N–H and O–H groups in total. The van der Waals surface area contributed by atoms with Crippen LogP contribution in [0.1, 0.15) is 32.2 Å². The highest BCUT2D eigenvalue weighted by molar-refractivity contribution is 14.0. The first-order valence-electron chi connectivity index (χ1n) is 7.93. The lowest BCUT2D eigenvalue weighted by molar-refractivity contribution is 0.508. The number of aryl methyl sites for hydroxylation is 1. The molecule has 0 fully saturated rings. The summed E-state index contributed by atoms with van der Waals surface area (Å²) in [5, 5.41) is 14.7. The van der Waals surface area contributed by atoms with Gasteiger partial charge in [0.2, 0.25) is 0 Å². The van der Waals surface area contributed by atoms with Gasteiger partial charge >= 0.3 is 0 Å². The van der Waals surface area contributed by atoms with Gasteiger partial charge in [-0.1, -0.05) is 44.2 Å². The normalized spacial score (nSPS) is 11.8. The molecule has 0 saturated heterocycles. The lowest BCUT2D eigenvalue weighted by Gasteiger charge is -2.26. The average molecular weight is 442 g/mol. The van der Waals surface area contributed by atoms with E-state index in [1.807, 2.05) is 10.6 Å². The molecule has 0 atom stereocenters. The van der Waals surface area contributed by atoms with Gasteiger partial charge in [0, 0.05) is 25.6 Å². The molecule has 0 aliphatic rings. The van der Waals surface area contributed by atoms with Crippen molar-refractivity contribution in [1.29, 1.82) is 0 Å². The lowest BCUT2D eigenvalue weighted by Crippen LogP contribution is -2.43. The van der Waals surface area contributed by atoms with Gasteiger partial charge in [-0.2, -0.15) is 0 Å². The Morgan fingerprint density at radius 2 is 1.92 bits per heavy atom. The molecular weight excluding hydrogens is 415 g/mol. The lowest BCUT2D eigenvalue weighted by atomic mass is 9.85. The molecule has 24 heavy (non-hydrogen) atoms. The third-order valence-electron chi connectivity index (χ3n) is 3.93. The molecule has 2 aromatic rings. The van der Waals surface area contributed by atoms with Crippen LogP contribution in [0.2, 0.25) is 0 Å². The van der Waals surface area contributed by atoms with Crippen molar-refractivity contribution in [1.82, 2.24) is 25.4 Å². The van der Waals surface area contributed by atoms with E-state index in [9.17, 15) is 0 Å². The van der Waals surface area contributed by atoms with Crippen molar-refractivity contribution in [3.8, 4) is 0 Å². The molecule has 0 saturated carbocycles. The number of hydrogen-bond acceptors (Lipinski definition) is 3. The molecule has 0 aliphatic carbocycles. The number of aliphatic imine (C=N–C) groups is 1. The molecule has 132 valence electrons. The fraction of sp³-hybridized carbons (Fsp3) is 0.471. The van der Waals surface area contributed by atoms with E-state index in [1.165, 1.54) is 5.56 Å². The van der Waals surface area contributed by atoms with Crippen LogP contribution in [0.5, 0.6) is 0 Å². The predicted molar refractivity (Wildman–Crippen MR) is 109 cm³/mol. The van der Waals surface area contributed by atoms with E-state index in [2.05, 4.69) is 70.9 Å². The van der Waals surface area contributed by atoms with Crippen LogP contribution in [0.4, 0.5) is 0 Å². The average Bonchev–Trinajstić information content (AvgIpc) is 3.03. The van der Waals surface area contributed by atoms with Gasteiger partial charge in [0.1, 0.15) is 6.33 Å². The van der Waals surface area contributed by atoms with Crippen molar-refractivity contribution < 1.29 is 0 Å². The highest BCUT2D eigenvalue weighted by Crippen LogP contribution is 2.21. The molecule has 0 aliphatic heterocycles. The summed E-state index contributed by atoms with van der Waals surface area (Å²) >= 11 is 0. The first-order valence-corrected chi connectivity index (χ1v) is 7.93. The maximum Gasteiger partial charge on any atom is 0.191 e. The van der Waals surface area contributed by atoms with Crippen LogP contribution >= 0.6 is 24.0 Å². The third kappa shape index (κ3) is 5.47. The Labute approximate surface area is 161 Å². The van der Waals surface area contributed by atoms with Crippen molar-refractivity contribution in [2.45, 2.75) is 39.3 Å². The summed E-state index contributed by atoms with van der Waals surface area (Å²) in [7, 11) is 1.77. The molecule has 0 radical (unpaired) electrons. The minimum Gasteiger partial charge on any atom is -0.356 e. The van der Waals surface area contributed by atoms with Gasteiger partial charge in [0.05, 0.1) is 6.54 Å². The molecule has 6 nitrogen and oxygen atoms in total. The Bertz CT molecular complexity index is 636. The van der Waals surface area contributed by atoms with Gasteiger partial charge in [0.25, 0.3) is 0 Å². The number of guanidine groups is 1. The number of aromatic nitrogens is 3. The van der Waals surface area contributed by atoms with Gasteiger partial charge in [-0.25, -0.2) is 0 Å². The molecule has 1 aromatic heterocycles. The van der Waals surface area contributed by atoms with Crippen LogP contribution in [0.15, 0.2) is 41.7 Å². The summed E-state index contributed by atoms with van der Waals surface area (Å²) in [6.45, 7) is 8.75. The van der Waals surface area contributed by atoms with E-state index in [-0.39, 0.29) is 29.4 Å². The zero-order valence-electron chi connectivity index (χ0n) is 14.8. The van der Waals surface area contributed by atoms with Crippen LogP contribution in [-0.4, -0.2) is 34.3 Å². The Morgan fingerprint density at radius 1 is 1.21 bits per heavy atom. The maximum atomic E-state index is 4.28. The van der Waals surface area contributed by atoms with Crippen LogP contribution in [-0.2, 0) is 18.5 Å². The molecule has 7 heteroatoms. The third-order valence-corrected chi connectivity index (χ3v) is 3.93. The zero-order valence-corrected chi connectivity index (χ0v) is 17.1. The van der Waals surface area contributed by atoms with Gasteiger partial charge in [0.15, 0.2) is 11.8 Å². The van der Waals surface area contributed by atoms with E-state index in [1.54, 1.807) is 13.4 Å². The second-order valence-electron chi connectivity index (χ2n) is 6.06. The molecule has 2 rings (SSSR count). The van der Waals surface area contributed by atoms with Crippen molar-refractivity contribution in [2.75, 3.05) is 13.6 Å². The van der Waals surface area contributed by atoms with Crippen LogP contribution in [0.25, 0.3) is 0 Å². The molecule has 0 spiro atoms.